The summed E-state index contributed by atoms with van der Waals surface area (Å²) in [7, 11) is 1.50. The molecule has 3 nitrogen and oxygen atoms in total. The van der Waals surface area contributed by atoms with E-state index < -0.39 is 5.91 Å². The minimum absolute atomic E-state index is 0. The molecule has 1 amide bonds. The summed E-state index contributed by atoms with van der Waals surface area (Å²) in [6.45, 7) is 0. The first-order chi connectivity index (χ1) is 5.25. The summed E-state index contributed by atoms with van der Waals surface area (Å²) >= 11 is 0. The van der Waals surface area contributed by atoms with Crippen molar-refractivity contribution in [2.45, 2.75) is 0 Å². The third-order valence-electron chi connectivity index (χ3n) is 1.37. The molecule has 0 aliphatic heterocycles. The third kappa shape index (κ3) is 2.13. The molecule has 0 fully saturated rings. The number of rotatable bonds is 2. The molecule has 0 aliphatic rings. The zero-order chi connectivity index (χ0) is 8.27. The average Bonchev–Trinajstić information content (AvgIpc) is 2.04. The van der Waals surface area contributed by atoms with Gasteiger partial charge < -0.3 is 10.5 Å². The third-order valence-corrected chi connectivity index (χ3v) is 1.37. The highest BCUT2D eigenvalue weighted by molar-refractivity contribution is 5.95. The van der Waals surface area contributed by atoms with Crippen molar-refractivity contribution in [3.05, 3.63) is 29.8 Å². The van der Waals surface area contributed by atoms with Crippen molar-refractivity contribution in [2.24, 2.45) is 5.73 Å². The molecule has 0 aliphatic carbocycles. The van der Waals surface area contributed by atoms with Gasteiger partial charge in [-0.25, -0.2) is 0 Å². The van der Waals surface area contributed by atoms with Crippen LogP contribution >= 0.6 is 12.4 Å². The molecule has 4 heteroatoms. The number of primary amides is 1. The van der Waals surface area contributed by atoms with Crippen LogP contribution in [0.3, 0.4) is 0 Å². The van der Waals surface area contributed by atoms with Crippen molar-refractivity contribution in [1.82, 2.24) is 0 Å². The second-order valence-corrected chi connectivity index (χ2v) is 2.06. The number of nitrogens with two attached hydrogens (primary N) is 1. The zero-order valence-corrected chi connectivity index (χ0v) is 7.43. The summed E-state index contributed by atoms with van der Waals surface area (Å²) in [5.41, 5.74) is 5.48. The molecular formula is C8H10ClNO2. The fraction of sp³-hybridized carbons (Fsp3) is 0.125. The van der Waals surface area contributed by atoms with Crippen molar-refractivity contribution in [1.29, 1.82) is 0 Å². The van der Waals surface area contributed by atoms with Gasteiger partial charge in [0.2, 0.25) is 0 Å². The number of halogens is 1. The van der Waals surface area contributed by atoms with Gasteiger partial charge in [-0.3, -0.25) is 4.79 Å². The number of para-hydroxylation sites is 1. The van der Waals surface area contributed by atoms with E-state index in [0.717, 1.165) is 0 Å². The highest BCUT2D eigenvalue weighted by atomic mass is 35.5. The lowest BCUT2D eigenvalue weighted by molar-refractivity contribution is 0.0997. The average molecular weight is 188 g/mol. The van der Waals surface area contributed by atoms with Crippen LogP contribution in [0.2, 0.25) is 0 Å². The van der Waals surface area contributed by atoms with Crippen LogP contribution in [0.25, 0.3) is 0 Å². The van der Waals surface area contributed by atoms with Crippen LogP contribution in [0.1, 0.15) is 10.4 Å². The van der Waals surface area contributed by atoms with Crippen molar-refractivity contribution >= 4 is 18.3 Å². The number of carbonyl (C=O) groups is 1. The maximum absolute atomic E-state index is 10.7. The summed E-state index contributed by atoms with van der Waals surface area (Å²) in [5.74, 6) is 0.0439. The van der Waals surface area contributed by atoms with E-state index in [1.54, 1.807) is 24.3 Å². The lowest BCUT2D eigenvalue weighted by atomic mass is 10.2. The maximum atomic E-state index is 10.7. The highest BCUT2D eigenvalue weighted by Gasteiger charge is 2.05. The topological polar surface area (TPSA) is 52.3 Å². The van der Waals surface area contributed by atoms with Gasteiger partial charge in [0.05, 0.1) is 12.7 Å². The minimum atomic E-state index is -0.470. The second kappa shape index (κ2) is 4.62. The molecular weight excluding hydrogens is 178 g/mol. The van der Waals surface area contributed by atoms with E-state index in [1.165, 1.54) is 7.11 Å². The largest absolute Gasteiger partial charge is 0.496 e. The van der Waals surface area contributed by atoms with Gasteiger partial charge in [0.25, 0.3) is 5.91 Å². The van der Waals surface area contributed by atoms with Gasteiger partial charge >= 0.3 is 0 Å². The smallest absolute Gasteiger partial charge is 0.252 e. The number of carbonyl (C=O) groups excluding carboxylic acids is 1. The monoisotopic (exact) mass is 187 g/mol. The van der Waals surface area contributed by atoms with Crippen LogP contribution in [0.15, 0.2) is 24.3 Å². The molecule has 66 valence electrons. The van der Waals surface area contributed by atoms with Gasteiger partial charge in [-0.1, -0.05) is 12.1 Å². The summed E-state index contributed by atoms with van der Waals surface area (Å²) in [4.78, 5) is 10.7. The maximum Gasteiger partial charge on any atom is 0.252 e. The molecule has 0 saturated carbocycles. The molecule has 0 unspecified atom stereocenters. The summed E-state index contributed by atoms with van der Waals surface area (Å²) in [6, 6.07) is 6.84. The van der Waals surface area contributed by atoms with E-state index in [2.05, 4.69) is 0 Å². The fourth-order valence-electron chi connectivity index (χ4n) is 0.848. The Kier molecular flexibility index (Phi) is 4.15. The molecule has 0 saturated heterocycles. The summed E-state index contributed by atoms with van der Waals surface area (Å²) < 4.78 is 4.91. The molecule has 0 bridgehead atoms. The first-order valence-electron chi connectivity index (χ1n) is 3.18. The lowest BCUT2D eigenvalue weighted by Gasteiger charge is -2.02. The zero-order valence-electron chi connectivity index (χ0n) is 6.61. The lowest BCUT2D eigenvalue weighted by Crippen LogP contribution is -2.11. The van der Waals surface area contributed by atoms with E-state index in [1.807, 2.05) is 0 Å². The Balaban J connectivity index is 0.00000121. The van der Waals surface area contributed by atoms with Gasteiger partial charge in [-0.15, -0.1) is 12.4 Å². The molecule has 1 rings (SSSR count). The fourth-order valence-corrected chi connectivity index (χ4v) is 0.848. The highest BCUT2D eigenvalue weighted by Crippen LogP contribution is 2.15. The Hall–Kier alpha value is -1.22. The number of ether oxygens (including phenoxy) is 1. The van der Waals surface area contributed by atoms with Crippen LogP contribution in [-0.4, -0.2) is 13.0 Å². The first kappa shape index (κ1) is 10.8. The molecule has 0 aromatic heterocycles. The molecule has 0 heterocycles. The Labute approximate surface area is 76.9 Å². The van der Waals surface area contributed by atoms with Crippen LogP contribution < -0.4 is 10.5 Å². The molecule has 0 atom stereocenters. The van der Waals surface area contributed by atoms with Crippen molar-refractivity contribution < 1.29 is 9.53 Å². The van der Waals surface area contributed by atoms with Crippen molar-refractivity contribution in [3.63, 3.8) is 0 Å². The van der Waals surface area contributed by atoms with Crippen LogP contribution in [0, 0.1) is 0 Å². The van der Waals surface area contributed by atoms with Crippen LogP contribution in [0.5, 0.6) is 5.75 Å². The van der Waals surface area contributed by atoms with E-state index in [0.29, 0.717) is 11.3 Å². The predicted molar refractivity (Wildman–Crippen MR) is 48.8 cm³/mol. The number of methoxy groups -OCH3 is 1. The Morgan fingerprint density at radius 3 is 2.42 bits per heavy atom. The van der Waals surface area contributed by atoms with Gasteiger partial charge in [0, 0.05) is 0 Å². The van der Waals surface area contributed by atoms with Crippen molar-refractivity contribution in [2.75, 3.05) is 7.11 Å². The van der Waals surface area contributed by atoms with Crippen LogP contribution in [-0.2, 0) is 0 Å². The van der Waals surface area contributed by atoms with E-state index in [-0.39, 0.29) is 12.4 Å². The summed E-state index contributed by atoms with van der Waals surface area (Å²) in [5, 5.41) is 0. The number of amides is 1. The molecule has 0 spiro atoms. The summed E-state index contributed by atoms with van der Waals surface area (Å²) in [6.07, 6.45) is 0. The number of hydrogen-bond donors (Lipinski definition) is 1. The Bertz CT molecular complexity index is 276. The molecule has 1 aromatic rings. The predicted octanol–water partition coefficient (Wildman–Crippen LogP) is 1.22. The van der Waals surface area contributed by atoms with Gasteiger partial charge in [0.15, 0.2) is 0 Å². The van der Waals surface area contributed by atoms with E-state index >= 15 is 0 Å². The quantitative estimate of drug-likeness (QED) is 0.757. The van der Waals surface area contributed by atoms with Crippen molar-refractivity contribution in [3.8, 4) is 5.75 Å². The van der Waals surface area contributed by atoms with Gasteiger partial charge in [-0.05, 0) is 12.1 Å². The minimum Gasteiger partial charge on any atom is -0.496 e. The molecule has 2 N–H and O–H groups in total. The normalized spacial score (nSPS) is 8.42. The first-order valence-corrected chi connectivity index (χ1v) is 3.18. The standard InChI is InChI=1S/C8H9NO2.ClH/c1-11-7-5-3-2-4-6(7)8(9)10;/h2-5H,1H3,(H2,9,10);1H. The van der Waals surface area contributed by atoms with E-state index in [4.69, 9.17) is 10.5 Å². The Morgan fingerprint density at radius 2 is 2.00 bits per heavy atom. The number of hydrogen-bond acceptors (Lipinski definition) is 2. The molecule has 0 radical (unpaired) electrons. The number of benzene rings is 1. The van der Waals surface area contributed by atoms with Crippen LogP contribution in [0.4, 0.5) is 0 Å². The second-order valence-electron chi connectivity index (χ2n) is 2.06. The molecule has 1 aromatic carbocycles. The van der Waals surface area contributed by atoms with E-state index in [9.17, 15) is 4.79 Å². The van der Waals surface area contributed by atoms with Gasteiger partial charge in [0.1, 0.15) is 5.75 Å². The SMILES string of the molecule is COc1ccccc1C(N)=O.Cl. The molecule has 12 heavy (non-hydrogen) atoms. The Morgan fingerprint density at radius 1 is 1.42 bits per heavy atom. The van der Waals surface area contributed by atoms with Gasteiger partial charge in [-0.2, -0.15) is 0 Å².